The van der Waals surface area contributed by atoms with E-state index in [1.165, 1.54) is 5.56 Å². The molecule has 11 heteroatoms. The molecule has 1 aromatic carbocycles. The van der Waals surface area contributed by atoms with Gasteiger partial charge in [0.25, 0.3) is 5.91 Å². The van der Waals surface area contributed by atoms with Crippen molar-refractivity contribution in [2.45, 2.75) is 50.9 Å². The van der Waals surface area contributed by atoms with Crippen molar-refractivity contribution in [3.8, 4) is 0 Å². The van der Waals surface area contributed by atoms with Gasteiger partial charge in [-0.25, -0.2) is 14.5 Å². The van der Waals surface area contributed by atoms with E-state index in [-0.39, 0.29) is 12.6 Å². The molecule has 4 amide bonds. The lowest BCUT2D eigenvalue weighted by Crippen LogP contribution is -2.57. The highest BCUT2D eigenvalue weighted by molar-refractivity contribution is 6.30. The van der Waals surface area contributed by atoms with E-state index >= 15 is 0 Å². The molecule has 5 rings (SSSR count). The minimum absolute atomic E-state index is 0.0659. The van der Waals surface area contributed by atoms with Crippen LogP contribution in [0.3, 0.4) is 0 Å². The maximum Gasteiger partial charge on any atom is 0.434 e. The number of halogens is 1. The zero-order chi connectivity index (χ0) is 25.2. The summed E-state index contributed by atoms with van der Waals surface area (Å²) >= 11 is 5.95. The van der Waals surface area contributed by atoms with Gasteiger partial charge in [-0.3, -0.25) is 4.79 Å². The largest absolute Gasteiger partial charge is 0.434 e. The van der Waals surface area contributed by atoms with Crippen LogP contribution in [0.4, 0.5) is 9.59 Å². The van der Waals surface area contributed by atoms with Crippen LogP contribution in [0.5, 0.6) is 0 Å². The van der Waals surface area contributed by atoms with Gasteiger partial charge in [-0.15, -0.1) is 5.06 Å². The van der Waals surface area contributed by atoms with Crippen molar-refractivity contribution in [1.29, 1.82) is 0 Å². The molecule has 4 heterocycles. The van der Waals surface area contributed by atoms with Gasteiger partial charge in [0, 0.05) is 50.8 Å². The number of fused-ring (bicyclic) bond motifs is 1. The lowest BCUT2D eigenvalue weighted by atomic mass is 9.91. The molecule has 0 spiro atoms. The van der Waals surface area contributed by atoms with Gasteiger partial charge < -0.3 is 24.6 Å². The molecule has 196 valence electrons. The molecule has 2 atom stereocenters. The van der Waals surface area contributed by atoms with Crippen molar-refractivity contribution in [2.24, 2.45) is 5.92 Å². The molecule has 4 aliphatic rings. The number of likely N-dealkylation sites (tertiary alicyclic amines) is 2. The van der Waals surface area contributed by atoms with Crippen LogP contribution in [0.2, 0.25) is 5.02 Å². The summed E-state index contributed by atoms with van der Waals surface area (Å²) in [6.07, 6.45) is 3.76. The summed E-state index contributed by atoms with van der Waals surface area (Å²) in [5.41, 5.74) is 1.25. The number of benzene rings is 1. The van der Waals surface area contributed by atoms with Crippen LogP contribution in [0.1, 0.15) is 37.7 Å². The Labute approximate surface area is 216 Å². The summed E-state index contributed by atoms with van der Waals surface area (Å²) in [7, 11) is 0. The number of aliphatic hydroxyl groups excluding tert-OH is 1. The molecular formula is C25H34ClN5O5. The van der Waals surface area contributed by atoms with Crippen molar-refractivity contribution < 1.29 is 24.3 Å². The highest BCUT2D eigenvalue weighted by Gasteiger charge is 2.51. The Hall–Kier alpha value is -2.56. The van der Waals surface area contributed by atoms with Crippen LogP contribution in [0.15, 0.2) is 24.3 Å². The van der Waals surface area contributed by atoms with Crippen LogP contribution < -0.4 is 0 Å². The smallest absolute Gasteiger partial charge is 0.358 e. The van der Waals surface area contributed by atoms with Crippen LogP contribution in [-0.2, 0) is 16.1 Å². The Balaban J connectivity index is 1.10. The number of amides is 4. The number of aryl methyl sites for hydroxylation is 1. The minimum Gasteiger partial charge on any atom is -0.358 e. The molecule has 4 fully saturated rings. The third-order valence-corrected chi connectivity index (χ3v) is 8.13. The normalized spacial score (nSPS) is 25.4. The summed E-state index contributed by atoms with van der Waals surface area (Å²) in [6.45, 7) is 3.51. The number of carbonyl (C=O) groups is 3. The van der Waals surface area contributed by atoms with E-state index in [0.717, 1.165) is 61.7 Å². The lowest BCUT2D eigenvalue weighted by molar-refractivity contribution is -0.215. The van der Waals surface area contributed by atoms with Crippen molar-refractivity contribution in [3.05, 3.63) is 34.9 Å². The van der Waals surface area contributed by atoms with E-state index in [1.54, 1.807) is 14.7 Å². The number of carbonyl (C=O) groups excluding carboxylic acids is 3. The van der Waals surface area contributed by atoms with E-state index in [0.29, 0.717) is 32.1 Å². The molecule has 36 heavy (non-hydrogen) atoms. The molecule has 4 saturated heterocycles. The Morgan fingerprint density at radius 3 is 2.33 bits per heavy atom. The van der Waals surface area contributed by atoms with E-state index in [1.807, 2.05) is 29.2 Å². The molecule has 4 aliphatic heterocycles. The molecule has 0 aliphatic carbocycles. The number of rotatable bonds is 4. The highest BCUT2D eigenvalue weighted by Crippen LogP contribution is 2.28. The lowest BCUT2D eigenvalue weighted by Gasteiger charge is -2.38. The summed E-state index contributed by atoms with van der Waals surface area (Å²) < 4.78 is 0. The zero-order valence-electron chi connectivity index (χ0n) is 20.4. The Morgan fingerprint density at radius 1 is 0.944 bits per heavy atom. The molecular weight excluding hydrogens is 486 g/mol. The van der Waals surface area contributed by atoms with Gasteiger partial charge in [0.2, 0.25) is 6.35 Å². The second-order valence-electron chi connectivity index (χ2n) is 10.1. The second kappa shape index (κ2) is 10.8. The zero-order valence-corrected chi connectivity index (χ0v) is 21.2. The van der Waals surface area contributed by atoms with Gasteiger partial charge in [-0.2, -0.15) is 0 Å². The fourth-order valence-electron chi connectivity index (χ4n) is 5.63. The number of nitrogens with zero attached hydrogens (tertiary/aromatic N) is 5. The predicted octanol–water partition coefficient (Wildman–Crippen LogP) is 2.36. The third kappa shape index (κ3) is 5.26. The molecule has 1 N–H and O–H groups in total. The van der Waals surface area contributed by atoms with Crippen LogP contribution in [-0.4, -0.2) is 106 Å². The number of hydrogen-bond acceptors (Lipinski definition) is 6. The monoisotopic (exact) mass is 519 g/mol. The minimum atomic E-state index is -1.34. The highest BCUT2D eigenvalue weighted by atomic mass is 35.5. The van der Waals surface area contributed by atoms with Gasteiger partial charge in [0.15, 0.2) is 0 Å². The Morgan fingerprint density at radius 2 is 1.64 bits per heavy atom. The Kier molecular flexibility index (Phi) is 7.55. The summed E-state index contributed by atoms with van der Waals surface area (Å²) in [4.78, 5) is 50.6. The van der Waals surface area contributed by atoms with Gasteiger partial charge in [0.05, 0.1) is 0 Å². The van der Waals surface area contributed by atoms with Crippen LogP contribution >= 0.6 is 11.6 Å². The standard InChI is InChI=1S/C25H34ClN5O5/c26-20-7-5-18(6-8-20)3-4-19-9-13-28(14-10-19)25(35)36-31-22(32)21-17-29(15-16-30(21)24(31)34)23(33)27-11-1-2-12-27/h5-8,19,21,24,34H,1-4,9-17H2. The van der Waals surface area contributed by atoms with Gasteiger partial charge in [-0.05, 0) is 62.1 Å². The second-order valence-corrected chi connectivity index (χ2v) is 10.6. The van der Waals surface area contributed by atoms with Gasteiger partial charge >= 0.3 is 12.1 Å². The number of hydroxylamine groups is 2. The van der Waals surface area contributed by atoms with Crippen molar-refractivity contribution in [1.82, 2.24) is 24.7 Å². The van der Waals surface area contributed by atoms with Crippen molar-refractivity contribution >= 4 is 29.6 Å². The number of hydrogen-bond donors (Lipinski definition) is 1. The first-order valence-corrected chi connectivity index (χ1v) is 13.3. The van der Waals surface area contributed by atoms with E-state index in [4.69, 9.17) is 16.4 Å². The summed E-state index contributed by atoms with van der Waals surface area (Å²) in [5, 5.41) is 12.2. The first kappa shape index (κ1) is 25.1. The predicted molar refractivity (Wildman–Crippen MR) is 132 cm³/mol. The fraction of sp³-hybridized carbons (Fsp3) is 0.640. The molecule has 0 bridgehead atoms. The number of piperazine rings is 1. The molecule has 0 radical (unpaired) electrons. The molecule has 1 aromatic rings. The van der Waals surface area contributed by atoms with E-state index < -0.39 is 24.4 Å². The molecule has 10 nitrogen and oxygen atoms in total. The topological polar surface area (TPSA) is 96.9 Å². The van der Waals surface area contributed by atoms with Crippen LogP contribution in [0, 0.1) is 5.92 Å². The maximum absolute atomic E-state index is 13.0. The average Bonchev–Trinajstić information content (AvgIpc) is 3.52. The number of piperidine rings is 1. The third-order valence-electron chi connectivity index (χ3n) is 7.88. The first-order valence-electron chi connectivity index (χ1n) is 12.9. The van der Waals surface area contributed by atoms with E-state index in [9.17, 15) is 19.5 Å². The molecule has 0 saturated carbocycles. The quantitative estimate of drug-likeness (QED) is 0.656. The fourth-order valence-corrected chi connectivity index (χ4v) is 5.76. The molecule has 2 unspecified atom stereocenters. The SMILES string of the molecule is O=C(ON1C(=O)C2CN(C(=O)N3CCCC3)CCN2C1O)N1CCC(CCc2ccc(Cl)cc2)CC1. The number of aliphatic hydroxyl groups is 1. The van der Waals surface area contributed by atoms with Crippen LogP contribution in [0.25, 0.3) is 0 Å². The van der Waals surface area contributed by atoms with Gasteiger partial charge in [-0.1, -0.05) is 23.7 Å². The average molecular weight is 520 g/mol. The van der Waals surface area contributed by atoms with E-state index in [2.05, 4.69) is 0 Å². The Bertz CT molecular complexity index is 964. The number of urea groups is 1. The summed E-state index contributed by atoms with van der Waals surface area (Å²) in [5.74, 6) is 0.0180. The van der Waals surface area contributed by atoms with Gasteiger partial charge in [0.1, 0.15) is 6.04 Å². The first-order chi connectivity index (χ1) is 17.4. The van der Waals surface area contributed by atoms with Crippen molar-refractivity contribution in [2.75, 3.05) is 45.8 Å². The maximum atomic E-state index is 13.0. The molecule has 0 aromatic heterocycles. The summed E-state index contributed by atoms with van der Waals surface area (Å²) in [6, 6.07) is 7.11. The van der Waals surface area contributed by atoms with Crippen molar-refractivity contribution in [3.63, 3.8) is 0 Å².